The maximum absolute atomic E-state index is 10.1. The molecular formula is C12H26KN7O5. The van der Waals surface area contributed by atoms with Crippen LogP contribution in [0.4, 0.5) is 11.6 Å². The minimum absolute atomic E-state index is 0. The van der Waals surface area contributed by atoms with Gasteiger partial charge in [-0.3, -0.25) is 4.68 Å². The van der Waals surface area contributed by atoms with Gasteiger partial charge in [0.1, 0.15) is 5.82 Å². The molecule has 0 fully saturated rings. The van der Waals surface area contributed by atoms with Crippen LogP contribution in [0.15, 0.2) is 24.5 Å². The van der Waals surface area contributed by atoms with Gasteiger partial charge in [-0.2, -0.15) is 9.78 Å². The van der Waals surface area contributed by atoms with E-state index in [1.54, 1.807) is 23.9 Å². The second kappa shape index (κ2) is 17.9. The number of nitrogens with two attached hydrogens (primary N) is 1. The van der Waals surface area contributed by atoms with E-state index in [-0.39, 0.29) is 91.1 Å². The van der Waals surface area contributed by atoms with Crippen LogP contribution in [0.3, 0.4) is 0 Å². The zero-order chi connectivity index (χ0) is 17.7. The van der Waals surface area contributed by atoms with E-state index in [1.807, 2.05) is 0 Å². The summed E-state index contributed by atoms with van der Waals surface area (Å²) in [6, 6.07) is 2.98. The van der Waals surface area contributed by atoms with Crippen molar-refractivity contribution in [2.24, 2.45) is 0 Å². The van der Waals surface area contributed by atoms with E-state index in [2.05, 4.69) is 10.2 Å². The van der Waals surface area contributed by atoms with Crippen molar-refractivity contribution in [1.29, 1.82) is 0 Å². The minimum atomic E-state index is -0.576. The maximum Gasteiger partial charge on any atom is 1.00 e. The van der Waals surface area contributed by atoms with Gasteiger partial charge in [0, 0.05) is 12.8 Å². The molecule has 0 aromatic carbocycles. The van der Waals surface area contributed by atoms with Crippen molar-refractivity contribution >= 4 is 11.6 Å². The van der Waals surface area contributed by atoms with Crippen molar-refractivity contribution in [2.75, 3.05) is 25.6 Å². The van der Waals surface area contributed by atoms with E-state index in [4.69, 9.17) is 21.1 Å². The average molecular weight is 387 g/mol. The first kappa shape index (κ1) is 28.9. The molecule has 12 nitrogen and oxygen atoms in total. The zero-order valence-electron chi connectivity index (χ0n) is 15.5. The average Bonchev–Trinajstić information content (AvgIpc) is 3.11. The van der Waals surface area contributed by atoms with Gasteiger partial charge in [0.2, 0.25) is 0 Å². The molecule has 0 aliphatic rings. The number of nitrogens with zero attached hydrogens (tertiary/aromatic N) is 5. The molecule has 8 N–H and O–H groups in total. The first-order valence-electron chi connectivity index (χ1n) is 6.77. The van der Waals surface area contributed by atoms with Gasteiger partial charge in [-0.05, 0) is 17.9 Å². The third kappa shape index (κ3) is 14.0. The van der Waals surface area contributed by atoms with Crippen LogP contribution < -0.4 is 63.3 Å². The molecule has 0 spiro atoms. The second-order valence-electron chi connectivity index (χ2n) is 3.96. The summed E-state index contributed by atoms with van der Waals surface area (Å²) in [7, 11) is 0. The number of hydrogen-bond donors (Lipinski definition) is 5. The smallest absolute Gasteiger partial charge is 1.00 e. The van der Waals surface area contributed by atoms with Crippen molar-refractivity contribution < 1.29 is 73.1 Å². The molecule has 0 unspecified atom stereocenters. The van der Waals surface area contributed by atoms with E-state index < -0.39 is 4.92 Å². The number of hydrogen-bond acceptors (Lipinski definition) is 9. The summed E-state index contributed by atoms with van der Waals surface area (Å²) in [5, 5.41) is 41.9. The van der Waals surface area contributed by atoms with Crippen LogP contribution in [0.25, 0.3) is 0 Å². The molecule has 0 radical (unpaired) electrons. The standard InChI is InChI=1S/C5H7N3O3.C5H9N3O.C2H6O.K.H3N.H/c9-4-3-7-2-1-5(6-7)8(10)11;6-5-1-2-8(7-5)3-4-9;1-2-3;;;/h1-2,9H,3-4H2;1-2,9H,3-4H2,(H2,6,7);3H,2H2,1H3;;1H3;/q;;;+1;;-1. The molecule has 0 atom stereocenters. The summed E-state index contributed by atoms with van der Waals surface area (Å²) in [5.74, 6) is 0.293. The van der Waals surface area contributed by atoms with Crippen LogP contribution in [0.1, 0.15) is 8.35 Å². The predicted molar refractivity (Wildman–Crippen MR) is 88.6 cm³/mol. The Hall–Kier alpha value is -0.904. The molecule has 140 valence electrons. The number of aliphatic hydroxyl groups is 3. The molecule has 0 aliphatic heterocycles. The van der Waals surface area contributed by atoms with Crippen molar-refractivity contribution in [3.8, 4) is 0 Å². The Bertz CT molecular complexity index is 570. The van der Waals surface area contributed by atoms with Crippen LogP contribution in [0.2, 0.25) is 0 Å². The maximum atomic E-state index is 10.1. The molecule has 2 heterocycles. The summed E-state index contributed by atoms with van der Waals surface area (Å²) in [6.07, 6.45) is 3.18. The predicted octanol–water partition coefficient (Wildman–Crippen LogP) is -3.48. The van der Waals surface area contributed by atoms with E-state index in [0.717, 1.165) is 0 Å². The Labute approximate surface area is 189 Å². The molecule has 25 heavy (non-hydrogen) atoms. The topological polar surface area (TPSA) is 200 Å². The first-order valence-corrected chi connectivity index (χ1v) is 6.77. The molecule has 0 aliphatic carbocycles. The van der Waals surface area contributed by atoms with Gasteiger partial charge in [-0.25, -0.2) is 0 Å². The summed E-state index contributed by atoms with van der Waals surface area (Å²) < 4.78 is 2.91. The summed E-state index contributed by atoms with van der Waals surface area (Å²) in [5.41, 5.74) is 5.30. The van der Waals surface area contributed by atoms with E-state index in [9.17, 15) is 10.1 Å². The van der Waals surface area contributed by atoms with E-state index in [0.29, 0.717) is 12.4 Å². The molecule has 13 heteroatoms. The van der Waals surface area contributed by atoms with Gasteiger partial charge >= 0.3 is 57.2 Å². The quantitative estimate of drug-likeness (QED) is 0.196. The third-order valence-electron chi connectivity index (χ3n) is 2.13. The Balaban J connectivity index is -0.000000148. The number of aromatic nitrogens is 4. The monoisotopic (exact) mass is 387 g/mol. The second-order valence-corrected chi connectivity index (χ2v) is 3.96. The van der Waals surface area contributed by atoms with E-state index in [1.165, 1.54) is 16.9 Å². The Morgan fingerprint density at radius 3 is 1.92 bits per heavy atom. The molecular weight excluding hydrogens is 361 g/mol. The fourth-order valence-corrected chi connectivity index (χ4v) is 1.28. The SMILES string of the molecule is CCO.N.Nc1ccn(CCO)n1.O=[N+]([O-])c1ccn(CCO)n1.[H-].[K+]. The van der Waals surface area contributed by atoms with Crippen LogP contribution in [-0.4, -0.2) is 59.6 Å². The van der Waals surface area contributed by atoms with E-state index >= 15 is 0 Å². The molecule has 2 aromatic heterocycles. The molecule has 0 bridgehead atoms. The van der Waals surface area contributed by atoms with Crippen LogP contribution >= 0.6 is 0 Å². The van der Waals surface area contributed by atoms with Gasteiger partial charge < -0.3 is 38.7 Å². The zero-order valence-corrected chi connectivity index (χ0v) is 17.6. The number of aliphatic hydroxyl groups excluding tert-OH is 3. The molecule has 2 rings (SSSR count). The fourth-order valence-electron chi connectivity index (χ4n) is 1.28. The van der Waals surface area contributed by atoms with Crippen molar-refractivity contribution in [3.05, 3.63) is 34.6 Å². The Morgan fingerprint density at radius 1 is 1.16 bits per heavy atom. The number of anilines is 1. The minimum Gasteiger partial charge on any atom is -1.00 e. The number of rotatable bonds is 5. The molecule has 0 amide bonds. The van der Waals surface area contributed by atoms with Gasteiger partial charge in [-0.15, -0.1) is 0 Å². The van der Waals surface area contributed by atoms with Gasteiger partial charge in [0.25, 0.3) is 0 Å². The third-order valence-corrected chi connectivity index (χ3v) is 2.13. The first-order chi connectivity index (χ1) is 11.0. The van der Waals surface area contributed by atoms with Gasteiger partial charge in [0.15, 0.2) is 0 Å². The summed E-state index contributed by atoms with van der Waals surface area (Å²) in [4.78, 5) is 9.51. The number of nitro groups is 1. The van der Waals surface area contributed by atoms with Crippen LogP contribution in [0.5, 0.6) is 0 Å². The fraction of sp³-hybridized carbons (Fsp3) is 0.500. The van der Waals surface area contributed by atoms with Crippen molar-refractivity contribution in [1.82, 2.24) is 25.7 Å². The van der Waals surface area contributed by atoms with Gasteiger partial charge in [0.05, 0.1) is 43.7 Å². The van der Waals surface area contributed by atoms with Crippen molar-refractivity contribution in [2.45, 2.75) is 20.0 Å². The van der Waals surface area contributed by atoms with Crippen molar-refractivity contribution in [3.63, 3.8) is 0 Å². The van der Waals surface area contributed by atoms with Crippen LogP contribution in [0, 0.1) is 10.1 Å². The number of nitrogen functional groups attached to an aromatic ring is 1. The largest absolute Gasteiger partial charge is 1.00 e. The van der Waals surface area contributed by atoms with Crippen LogP contribution in [-0.2, 0) is 13.1 Å². The molecule has 2 aromatic rings. The normalized spacial score (nSPS) is 8.64. The molecule has 0 saturated heterocycles. The Kier molecular flexibility index (Phi) is 20.7. The summed E-state index contributed by atoms with van der Waals surface area (Å²) >= 11 is 0. The van der Waals surface area contributed by atoms with Gasteiger partial charge in [-0.1, -0.05) is 0 Å². The molecule has 0 saturated carbocycles. The summed E-state index contributed by atoms with van der Waals surface area (Å²) in [6.45, 7) is 2.75. The Morgan fingerprint density at radius 2 is 1.60 bits per heavy atom.